The molecular formula is C42H28Br6CuN4. The first-order valence-corrected chi connectivity index (χ1v) is 20.4. The Kier molecular flexibility index (Phi) is 18.2. The van der Waals surface area contributed by atoms with E-state index in [1.54, 1.807) is 12.4 Å². The van der Waals surface area contributed by atoms with Crippen molar-refractivity contribution in [2.24, 2.45) is 9.98 Å². The Hall–Kier alpha value is -2.86. The molecule has 0 saturated heterocycles. The molecule has 0 saturated carbocycles. The second kappa shape index (κ2) is 22.5. The molecular weight excluding hydrogens is 1100 g/mol. The largest absolute Gasteiger partial charge is 2.00 e. The summed E-state index contributed by atoms with van der Waals surface area (Å²) in [6, 6.07) is 47.7. The number of hydrogen-bond donors (Lipinski definition) is 0. The van der Waals surface area contributed by atoms with Crippen molar-refractivity contribution in [3.05, 3.63) is 219 Å². The fraction of sp³-hybridized carbons (Fsp3) is 0. The van der Waals surface area contributed by atoms with Crippen molar-refractivity contribution in [1.29, 1.82) is 0 Å². The quantitative estimate of drug-likeness (QED) is 0.0970. The average Bonchev–Trinajstić information content (AvgIpc) is 3.15. The molecule has 0 aliphatic heterocycles. The molecule has 0 N–H and O–H groups in total. The summed E-state index contributed by atoms with van der Waals surface area (Å²) >= 11 is 20.7. The van der Waals surface area contributed by atoms with Crippen molar-refractivity contribution in [2.45, 2.75) is 0 Å². The zero-order valence-corrected chi connectivity index (χ0v) is 38.0. The number of nitrogens with zero attached hydrogens (tertiary/aromatic N) is 4. The molecule has 0 atom stereocenters. The molecule has 0 aliphatic rings. The van der Waals surface area contributed by atoms with E-state index in [2.05, 4.69) is 106 Å². The Morgan fingerprint density at radius 2 is 0.604 bits per heavy atom. The van der Waals surface area contributed by atoms with Gasteiger partial charge in [-0.2, -0.15) is 12.4 Å². The molecule has 1 radical (unpaired) electrons. The van der Waals surface area contributed by atoms with Crippen LogP contribution in [0.5, 0.6) is 0 Å². The van der Waals surface area contributed by atoms with Crippen LogP contribution < -0.4 is 0 Å². The van der Waals surface area contributed by atoms with Crippen molar-refractivity contribution in [2.75, 3.05) is 0 Å². The molecule has 11 heteroatoms. The van der Waals surface area contributed by atoms with Crippen LogP contribution in [-0.2, 0) is 17.1 Å². The van der Waals surface area contributed by atoms with Gasteiger partial charge in [0, 0.05) is 38.0 Å². The first-order valence-electron chi connectivity index (χ1n) is 15.7. The maximum Gasteiger partial charge on any atom is 2.00 e. The van der Waals surface area contributed by atoms with Crippen LogP contribution in [0.2, 0.25) is 0 Å². The molecule has 53 heavy (non-hydrogen) atoms. The number of allylic oxidation sites excluding steroid dienone is 2. The van der Waals surface area contributed by atoms with E-state index in [-0.39, 0.29) is 17.1 Å². The molecule has 0 heterocycles. The molecule has 0 unspecified atom stereocenters. The summed E-state index contributed by atoms with van der Waals surface area (Å²) in [5.74, 6) is 0. The number of aliphatic imine (C=N–C) groups is 2. The molecule has 269 valence electrons. The first kappa shape index (κ1) is 42.9. The van der Waals surface area contributed by atoms with Gasteiger partial charge in [0.15, 0.2) is 0 Å². The van der Waals surface area contributed by atoms with Gasteiger partial charge in [0.1, 0.15) is 0 Å². The minimum absolute atomic E-state index is 0. The van der Waals surface area contributed by atoms with Crippen molar-refractivity contribution in [3.8, 4) is 0 Å². The molecule has 0 amide bonds. The first-order chi connectivity index (χ1) is 25.2. The summed E-state index contributed by atoms with van der Waals surface area (Å²) in [5.41, 5.74) is 7.31. The van der Waals surface area contributed by atoms with Gasteiger partial charge in [-0.25, -0.2) is 9.98 Å². The number of rotatable bonds is 10. The Morgan fingerprint density at radius 3 is 0.887 bits per heavy atom. The summed E-state index contributed by atoms with van der Waals surface area (Å²) in [4.78, 5) is 9.54. The second-order valence-corrected chi connectivity index (χ2v) is 16.3. The van der Waals surface area contributed by atoms with E-state index in [0.717, 1.165) is 72.1 Å². The fourth-order valence-corrected chi connectivity index (χ4v) is 5.97. The van der Waals surface area contributed by atoms with Crippen molar-refractivity contribution in [1.82, 2.24) is 0 Å². The van der Waals surface area contributed by atoms with Gasteiger partial charge in [-0.15, -0.1) is 11.4 Å². The van der Waals surface area contributed by atoms with Crippen molar-refractivity contribution < 1.29 is 17.1 Å². The number of halogens is 6. The maximum atomic E-state index is 4.77. The average molecular weight is 1130 g/mol. The van der Waals surface area contributed by atoms with Crippen LogP contribution in [0.15, 0.2) is 207 Å². The summed E-state index contributed by atoms with van der Waals surface area (Å²) < 4.78 is 6.20. The van der Waals surface area contributed by atoms with E-state index in [1.807, 2.05) is 158 Å². The Labute approximate surface area is 371 Å². The van der Waals surface area contributed by atoms with E-state index in [1.165, 1.54) is 0 Å². The van der Waals surface area contributed by atoms with Crippen molar-refractivity contribution >= 4 is 130 Å². The molecule has 6 aromatic rings. The molecule has 6 aromatic carbocycles. The van der Waals surface area contributed by atoms with Gasteiger partial charge in [0.2, 0.25) is 0 Å². The monoisotopic (exact) mass is 1120 g/mol. The molecule has 0 fully saturated rings. The third kappa shape index (κ3) is 15.1. The fourth-order valence-electron chi connectivity index (χ4n) is 4.39. The molecule has 0 bridgehead atoms. The van der Waals surface area contributed by atoms with E-state index in [4.69, 9.17) is 9.98 Å². The molecule has 0 aliphatic carbocycles. The topological polar surface area (TPSA) is 52.9 Å². The molecule has 6 rings (SSSR count). The van der Waals surface area contributed by atoms with E-state index < -0.39 is 0 Å². The van der Waals surface area contributed by atoms with Crippen molar-refractivity contribution in [3.63, 3.8) is 0 Å². The number of hydrogen-bond acceptors (Lipinski definition) is 2. The van der Waals surface area contributed by atoms with Crippen LogP contribution in [0.25, 0.3) is 10.6 Å². The van der Waals surface area contributed by atoms with Gasteiger partial charge >= 0.3 is 17.1 Å². The minimum atomic E-state index is 0. The zero-order chi connectivity index (χ0) is 36.7. The van der Waals surface area contributed by atoms with E-state index >= 15 is 0 Å². The smallest absolute Gasteiger partial charge is 0.664 e. The van der Waals surface area contributed by atoms with Crippen LogP contribution in [0, 0.1) is 0 Å². The van der Waals surface area contributed by atoms with Crippen LogP contribution in [0.1, 0.15) is 11.1 Å². The predicted molar refractivity (Wildman–Crippen MR) is 242 cm³/mol. The van der Waals surface area contributed by atoms with Gasteiger partial charge in [-0.1, -0.05) is 156 Å². The molecule has 0 spiro atoms. The molecule has 4 nitrogen and oxygen atoms in total. The minimum Gasteiger partial charge on any atom is -0.664 e. The van der Waals surface area contributed by atoms with Gasteiger partial charge in [0.25, 0.3) is 0 Å². The van der Waals surface area contributed by atoms with Gasteiger partial charge in [0.05, 0.1) is 22.8 Å². The summed E-state index contributed by atoms with van der Waals surface area (Å²) in [7, 11) is 0. The zero-order valence-electron chi connectivity index (χ0n) is 27.5. The van der Waals surface area contributed by atoms with Crippen LogP contribution in [-0.4, -0.2) is 11.4 Å². The standard InChI is InChI=1S/2C21H14Br3N2.Cu/c2*22-16-3-1-15(2-4-16)21(26-20-11-7-18(24)8-12-20)13-14-25-19-9-5-17(23)6-10-19;/h2*1-14H;/q2*-1;+2/b2*14-13-,26-21?;. The van der Waals surface area contributed by atoms with Crippen LogP contribution >= 0.6 is 95.6 Å². The third-order valence-electron chi connectivity index (χ3n) is 7.00. The number of benzene rings is 6. The Balaban J connectivity index is 0.000000232. The summed E-state index contributed by atoms with van der Waals surface area (Å²) in [6.45, 7) is 0. The normalized spacial score (nSPS) is 11.5. The summed E-state index contributed by atoms with van der Waals surface area (Å²) in [5, 5.41) is 8.97. The van der Waals surface area contributed by atoms with Crippen LogP contribution in [0.4, 0.5) is 22.7 Å². The summed E-state index contributed by atoms with van der Waals surface area (Å²) in [6.07, 6.45) is 7.41. The Morgan fingerprint density at radius 1 is 0.358 bits per heavy atom. The van der Waals surface area contributed by atoms with E-state index in [0.29, 0.717) is 0 Å². The van der Waals surface area contributed by atoms with E-state index in [9.17, 15) is 0 Å². The van der Waals surface area contributed by atoms with Gasteiger partial charge < -0.3 is 10.6 Å². The van der Waals surface area contributed by atoms with Gasteiger partial charge in [-0.3, -0.25) is 0 Å². The third-order valence-corrected chi connectivity index (χ3v) is 10.2. The SMILES string of the molecule is Brc1ccc(N=C(/C=C\[N-]c2ccc(Br)cc2)c2ccc(Br)cc2)cc1.Brc1ccc(N=C(/C=C\[N-]c2ccc(Br)cc2)c2ccc(Br)cc2)cc1.[Cu+2]. The predicted octanol–water partition coefficient (Wildman–Crippen LogP) is 16.6. The van der Waals surface area contributed by atoms with Crippen LogP contribution in [0.3, 0.4) is 0 Å². The second-order valence-electron chi connectivity index (χ2n) is 10.8. The molecule has 0 aromatic heterocycles. The van der Waals surface area contributed by atoms with Gasteiger partial charge in [-0.05, 0) is 97.1 Å². The Bertz CT molecular complexity index is 1990. The maximum absolute atomic E-state index is 4.77.